The predicted octanol–water partition coefficient (Wildman–Crippen LogP) is 1.60. The molecule has 2 aromatic rings. The van der Waals surface area contributed by atoms with Crippen molar-refractivity contribution in [2.45, 2.75) is 6.92 Å². The molecule has 1 saturated heterocycles. The first-order valence-corrected chi connectivity index (χ1v) is 7.22. The van der Waals surface area contributed by atoms with Crippen LogP contribution in [-0.4, -0.2) is 39.9 Å². The first kappa shape index (κ1) is 15.7. The van der Waals surface area contributed by atoms with E-state index in [1.54, 1.807) is 19.1 Å². The van der Waals surface area contributed by atoms with E-state index in [0.29, 0.717) is 11.4 Å². The lowest BCUT2D eigenvalue weighted by atomic mass is 9.98. The van der Waals surface area contributed by atoms with E-state index < -0.39 is 4.92 Å². The van der Waals surface area contributed by atoms with Gasteiger partial charge in [-0.3, -0.25) is 19.7 Å². The summed E-state index contributed by atoms with van der Waals surface area (Å²) in [6, 6.07) is 7.25. The quantitative estimate of drug-likeness (QED) is 0.672. The van der Waals surface area contributed by atoms with E-state index in [1.165, 1.54) is 23.1 Å². The predicted molar refractivity (Wildman–Crippen MR) is 82.4 cm³/mol. The number of likely N-dealkylation sites (tertiary alicyclic amines) is 1. The number of carbonyl (C=O) groups is 2. The Bertz CT molecular complexity index is 810. The maximum Gasteiger partial charge on any atom is 0.276 e. The zero-order valence-electron chi connectivity index (χ0n) is 12.8. The number of nitro groups is 1. The van der Waals surface area contributed by atoms with Gasteiger partial charge in [-0.15, -0.1) is 0 Å². The zero-order chi connectivity index (χ0) is 17.3. The minimum absolute atomic E-state index is 0.0976. The SMILES string of the molecule is Cc1cc(C(=O)N2CC(C(=O)Nc3cccc([N+](=O)[O-])c3)C2)no1. The van der Waals surface area contributed by atoms with Crippen LogP contribution in [0.2, 0.25) is 0 Å². The molecule has 9 nitrogen and oxygen atoms in total. The third-order valence-electron chi connectivity index (χ3n) is 3.71. The van der Waals surface area contributed by atoms with Crippen molar-refractivity contribution in [2.75, 3.05) is 18.4 Å². The molecule has 2 amide bonds. The Balaban J connectivity index is 1.56. The van der Waals surface area contributed by atoms with Crippen molar-refractivity contribution >= 4 is 23.2 Å². The average molecular weight is 330 g/mol. The van der Waals surface area contributed by atoms with E-state index in [0.717, 1.165) is 0 Å². The number of rotatable bonds is 4. The number of nitrogens with one attached hydrogen (secondary N) is 1. The number of anilines is 1. The van der Waals surface area contributed by atoms with Gasteiger partial charge < -0.3 is 14.7 Å². The lowest BCUT2D eigenvalue weighted by Crippen LogP contribution is -2.54. The standard InChI is InChI=1S/C15H14N4O5/c1-9-5-13(17-24-9)15(21)18-7-10(8-18)14(20)16-11-3-2-4-12(6-11)19(22)23/h2-6,10H,7-8H2,1H3,(H,16,20). The molecule has 0 atom stereocenters. The molecule has 1 aliphatic heterocycles. The van der Waals surface area contributed by atoms with Gasteiger partial charge in [0.1, 0.15) is 5.76 Å². The fourth-order valence-corrected chi connectivity index (χ4v) is 2.38. The lowest BCUT2D eigenvalue weighted by molar-refractivity contribution is -0.384. The van der Waals surface area contributed by atoms with Crippen LogP contribution in [0.15, 0.2) is 34.9 Å². The topological polar surface area (TPSA) is 119 Å². The molecule has 1 aromatic heterocycles. The highest BCUT2D eigenvalue weighted by Gasteiger charge is 2.37. The Morgan fingerprint density at radius 2 is 2.12 bits per heavy atom. The summed E-state index contributed by atoms with van der Waals surface area (Å²) >= 11 is 0. The minimum Gasteiger partial charge on any atom is -0.361 e. The molecule has 0 unspecified atom stereocenters. The monoisotopic (exact) mass is 330 g/mol. The third-order valence-corrected chi connectivity index (χ3v) is 3.71. The molecular formula is C15H14N4O5. The van der Waals surface area contributed by atoms with Gasteiger partial charge in [-0.05, 0) is 13.0 Å². The second-order valence-electron chi connectivity index (χ2n) is 5.53. The molecule has 9 heteroatoms. The van der Waals surface area contributed by atoms with Crippen molar-refractivity contribution in [1.29, 1.82) is 0 Å². The van der Waals surface area contributed by atoms with Crippen molar-refractivity contribution in [2.24, 2.45) is 5.92 Å². The molecule has 3 rings (SSSR count). The highest BCUT2D eigenvalue weighted by Crippen LogP contribution is 2.22. The van der Waals surface area contributed by atoms with Gasteiger partial charge in [0.25, 0.3) is 11.6 Å². The Morgan fingerprint density at radius 1 is 1.38 bits per heavy atom. The minimum atomic E-state index is -0.528. The van der Waals surface area contributed by atoms with Crippen LogP contribution in [0.3, 0.4) is 0 Å². The van der Waals surface area contributed by atoms with Crippen LogP contribution in [-0.2, 0) is 4.79 Å². The largest absolute Gasteiger partial charge is 0.361 e. The third kappa shape index (κ3) is 3.09. The van der Waals surface area contributed by atoms with Gasteiger partial charge in [-0.25, -0.2) is 0 Å². The fraction of sp³-hybridized carbons (Fsp3) is 0.267. The summed E-state index contributed by atoms with van der Waals surface area (Å²) < 4.78 is 4.86. The van der Waals surface area contributed by atoms with E-state index in [2.05, 4.69) is 10.5 Å². The van der Waals surface area contributed by atoms with E-state index in [9.17, 15) is 19.7 Å². The molecule has 124 valence electrons. The number of nitro benzene ring substituents is 1. The Hall–Kier alpha value is -3.23. The molecule has 1 aliphatic rings. The highest BCUT2D eigenvalue weighted by atomic mass is 16.6. The molecule has 1 fully saturated rings. The van der Waals surface area contributed by atoms with Crippen LogP contribution in [0, 0.1) is 23.0 Å². The van der Waals surface area contributed by atoms with Crippen molar-refractivity contribution in [3.8, 4) is 0 Å². The van der Waals surface area contributed by atoms with Crippen LogP contribution in [0.4, 0.5) is 11.4 Å². The fourth-order valence-electron chi connectivity index (χ4n) is 2.38. The van der Waals surface area contributed by atoms with Crippen molar-refractivity contribution < 1.29 is 19.0 Å². The Kier molecular flexibility index (Phi) is 3.98. The number of carbonyl (C=O) groups excluding carboxylic acids is 2. The molecule has 0 saturated carbocycles. The highest BCUT2D eigenvalue weighted by molar-refractivity contribution is 5.97. The molecule has 0 radical (unpaired) electrons. The number of amides is 2. The summed E-state index contributed by atoms with van der Waals surface area (Å²) in [5.74, 6) is -0.387. The summed E-state index contributed by atoms with van der Waals surface area (Å²) in [6.45, 7) is 2.23. The van der Waals surface area contributed by atoms with Crippen LogP contribution in [0.25, 0.3) is 0 Å². The molecule has 1 N–H and O–H groups in total. The van der Waals surface area contributed by atoms with Crippen molar-refractivity contribution in [3.63, 3.8) is 0 Å². The number of hydrogen-bond donors (Lipinski definition) is 1. The molecule has 0 bridgehead atoms. The second kappa shape index (κ2) is 6.11. The molecule has 0 aliphatic carbocycles. The first-order chi connectivity index (χ1) is 11.4. The second-order valence-corrected chi connectivity index (χ2v) is 5.53. The summed E-state index contributed by atoms with van der Waals surface area (Å²) in [5, 5.41) is 17.0. The van der Waals surface area contributed by atoms with Crippen molar-refractivity contribution in [1.82, 2.24) is 10.1 Å². The summed E-state index contributed by atoms with van der Waals surface area (Å²) in [4.78, 5) is 35.9. The molecule has 1 aromatic carbocycles. The number of aromatic nitrogens is 1. The number of aryl methyl sites for hydroxylation is 1. The number of hydrogen-bond acceptors (Lipinski definition) is 6. The van der Waals surface area contributed by atoms with Gasteiger partial charge in [0, 0.05) is 37.0 Å². The first-order valence-electron chi connectivity index (χ1n) is 7.22. The van der Waals surface area contributed by atoms with Gasteiger partial charge in [-0.2, -0.15) is 0 Å². The van der Waals surface area contributed by atoms with Crippen LogP contribution >= 0.6 is 0 Å². The van der Waals surface area contributed by atoms with Crippen molar-refractivity contribution in [3.05, 3.63) is 51.9 Å². The van der Waals surface area contributed by atoms with E-state index >= 15 is 0 Å². The Labute approximate surface area is 136 Å². The number of nitrogens with zero attached hydrogens (tertiary/aromatic N) is 3. The summed E-state index contributed by atoms with van der Waals surface area (Å²) in [6.07, 6.45) is 0. The van der Waals surface area contributed by atoms with Crippen LogP contribution in [0.1, 0.15) is 16.2 Å². The van der Waals surface area contributed by atoms with Gasteiger partial charge in [-0.1, -0.05) is 11.2 Å². The smallest absolute Gasteiger partial charge is 0.276 e. The average Bonchev–Trinajstić information content (AvgIpc) is 2.92. The summed E-state index contributed by atoms with van der Waals surface area (Å²) in [5.41, 5.74) is 0.468. The van der Waals surface area contributed by atoms with Crippen LogP contribution < -0.4 is 5.32 Å². The molecule has 2 heterocycles. The summed E-state index contributed by atoms with van der Waals surface area (Å²) in [7, 11) is 0. The maximum absolute atomic E-state index is 12.1. The van der Waals surface area contributed by atoms with E-state index in [1.807, 2.05) is 0 Å². The number of benzene rings is 1. The van der Waals surface area contributed by atoms with Gasteiger partial charge in [0.05, 0.1) is 10.8 Å². The Morgan fingerprint density at radius 3 is 2.75 bits per heavy atom. The van der Waals surface area contributed by atoms with E-state index in [4.69, 9.17) is 4.52 Å². The molecule has 0 spiro atoms. The van der Waals surface area contributed by atoms with Gasteiger partial charge in [0.2, 0.25) is 5.91 Å². The maximum atomic E-state index is 12.1. The van der Waals surface area contributed by atoms with Crippen LogP contribution in [0.5, 0.6) is 0 Å². The molecule has 24 heavy (non-hydrogen) atoms. The van der Waals surface area contributed by atoms with E-state index in [-0.39, 0.29) is 42.2 Å². The lowest BCUT2D eigenvalue weighted by Gasteiger charge is -2.37. The normalized spacial score (nSPS) is 14.1. The van der Waals surface area contributed by atoms with Gasteiger partial charge >= 0.3 is 0 Å². The molecular weight excluding hydrogens is 316 g/mol. The van der Waals surface area contributed by atoms with Gasteiger partial charge in [0.15, 0.2) is 5.69 Å². The zero-order valence-corrected chi connectivity index (χ0v) is 12.8. The number of non-ortho nitro benzene ring substituents is 1.